The maximum absolute atomic E-state index is 6.25. The minimum absolute atomic E-state index is 0.588. The van der Waals surface area contributed by atoms with Crippen LogP contribution in [0.5, 0.6) is 0 Å². The molecule has 12 rings (SSSR count). The zero-order chi connectivity index (χ0) is 37.5. The Morgan fingerprint density at radius 3 is 1.61 bits per heavy atom. The second-order valence-corrected chi connectivity index (χ2v) is 14.4. The number of fused-ring (bicyclic) bond motifs is 10. The van der Waals surface area contributed by atoms with Crippen molar-refractivity contribution in [1.82, 2.24) is 24.1 Å². The first-order valence-electron chi connectivity index (χ1n) is 19.1. The van der Waals surface area contributed by atoms with Gasteiger partial charge in [0.2, 0.25) is 0 Å². The summed E-state index contributed by atoms with van der Waals surface area (Å²) in [5, 5.41) is 7.06. The highest BCUT2D eigenvalue weighted by atomic mass is 16.3. The van der Waals surface area contributed by atoms with Gasteiger partial charge in [0.05, 0.1) is 22.1 Å². The van der Waals surface area contributed by atoms with Crippen LogP contribution in [0.4, 0.5) is 0 Å². The van der Waals surface area contributed by atoms with Gasteiger partial charge in [-0.15, -0.1) is 0 Å². The zero-order valence-corrected chi connectivity index (χ0v) is 30.5. The van der Waals surface area contributed by atoms with Gasteiger partial charge in [-0.1, -0.05) is 115 Å². The van der Waals surface area contributed by atoms with Crippen molar-refractivity contribution in [2.45, 2.75) is 0 Å². The summed E-state index contributed by atoms with van der Waals surface area (Å²) >= 11 is 0. The van der Waals surface area contributed by atoms with Crippen molar-refractivity contribution >= 4 is 65.6 Å². The predicted molar refractivity (Wildman–Crippen MR) is 232 cm³/mol. The molecule has 0 aliphatic carbocycles. The zero-order valence-electron chi connectivity index (χ0n) is 30.5. The minimum Gasteiger partial charge on any atom is -0.456 e. The van der Waals surface area contributed by atoms with Gasteiger partial charge in [0.1, 0.15) is 11.2 Å². The van der Waals surface area contributed by atoms with Gasteiger partial charge in [-0.2, -0.15) is 0 Å². The summed E-state index contributed by atoms with van der Waals surface area (Å²) in [6, 6.07) is 65.6. The lowest BCUT2D eigenvalue weighted by Crippen LogP contribution is -2.00. The van der Waals surface area contributed by atoms with Crippen LogP contribution in [0.25, 0.3) is 111 Å². The summed E-state index contributed by atoms with van der Waals surface area (Å²) in [6.45, 7) is 0. The van der Waals surface area contributed by atoms with Crippen molar-refractivity contribution in [3.8, 4) is 45.5 Å². The Morgan fingerprint density at radius 2 is 0.860 bits per heavy atom. The third-order valence-electron chi connectivity index (χ3n) is 11.2. The van der Waals surface area contributed by atoms with Crippen LogP contribution < -0.4 is 0 Å². The third-order valence-corrected chi connectivity index (χ3v) is 11.2. The van der Waals surface area contributed by atoms with E-state index in [4.69, 9.17) is 19.4 Å². The number of aromatic nitrogens is 5. The molecule has 4 heterocycles. The van der Waals surface area contributed by atoms with Gasteiger partial charge in [-0.25, -0.2) is 15.0 Å². The fourth-order valence-electron chi connectivity index (χ4n) is 8.61. The highest BCUT2D eigenvalue weighted by Crippen LogP contribution is 2.42. The number of rotatable bonds is 5. The van der Waals surface area contributed by atoms with E-state index in [1.807, 2.05) is 54.6 Å². The Kier molecular flexibility index (Phi) is 6.83. The van der Waals surface area contributed by atoms with Crippen LogP contribution in [0.15, 0.2) is 192 Å². The molecule has 0 unspecified atom stereocenters. The maximum Gasteiger partial charge on any atom is 0.164 e. The Balaban J connectivity index is 1.03. The van der Waals surface area contributed by atoms with Crippen LogP contribution in [-0.4, -0.2) is 24.1 Å². The van der Waals surface area contributed by atoms with E-state index in [9.17, 15) is 0 Å². The summed E-state index contributed by atoms with van der Waals surface area (Å²) < 4.78 is 11.0. The molecule has 0 spiro atoms. The molecule has 0 bridgehead atoms. The molecule has 6 heteroatoms. The standard InChI is InChI=1S/C51H31N5O/c1-3-13-32(14-4-1)49-52-50(54-51(53-49)34-25-28-39-38-18-9-12-22-45(38)57-46(39)31-34)33-23-26-36(27-24-33)55-43-21-11-8-19-41(43)47-44(55)30-29-40-37-17-7-10-20-42(37)56(48(40)47)35-15-5-2-6-16-35/h1-31H. The van der Waals surface area contributed by atoms with E-state index < -0.39 is 0 Å². The lowest BCUT2D eigenvalue weighted by Gasteiger charge is -2.11. The van der Waals surface area contributed by atoms with Gasteiger partial charge in [0, 0.05) is 60.4 Å². The molecule has 0 radical (unpaired) electrons. The molecule has 0 amide bonds. The molecular formula is C51H31N5O. The molecule has 0 fully saturated rings. The first kappa shape index (κ1) is 31.5. The first-order chi connectivity index (χ1) is 28.3. The Morgan fingerprint density at radius 1 is 0.333 bits per heavy atom. The van der Waals surface area contributed by atoms with Crippen LogP contribution in [0, 0.1) is 0 Å². The summed E-state index contributed by atoms with van der Waals surface area (Å²) in [5.74, 6) is 1.81. The first-order valence-corrected chi connectivity index (χ1v) is 19.1. The average Bonchev–Trinajstić information content (AvgIpc) is 3.94. The number of furan rings is 1. The quantitative estimate of drug-likeness (QED) is 0.177. The van der Waals surface area contributed by atoms with E-state index in [2.05, 4.69) is 143 Å². The highest BCUT2D eigenvalue weighted by molar-refractivity contribution is 6.26. The monoisotopic (exact) mass is 729 g/mol. The van der Waals surface area contributed by atoms with Gasteiger partial charge in [-0.3, -0.25) is 0 Å². The van der Waals surface area contributed by atoms with Crippen LogP contribution >= 0.6 is 0 Å². The second kappa shape index (κ2) is 12.3. The van der Waals surface area contributed by atoms with Gasteiger partial charge >= 0.3 is 0 Å². The normalized spacial score (nSPS) is 11.9. The van der Waals surface area contributed by atoms with E-state index in [0.29, 0.717) is 17.5 Å². The van der Waals surface area contributed by atoms with Crippen molar-refractivity contribution < 1.29 is 4.42 Å². The lowest BCUT2D eigenvalue weighted by molar-refractivity contribution is 0.669. The van der Waals surface area contributed by atoms with E-state index >= 15 is 0 Å². The van der Waals surface area contributed by atoms with Crippen molar-refractivity contribution in [1.29, 1.82) is 0 Å². The molecular weight excluding hydrogens is 699 g/mol. The minimum atomic E-state index is 0.588. The van der Waals surface area contributed by atoms with Crippen molar-refractivity contribution in [3.63, 3.8) is 0 Å². The van der Waals surface area contributed by atoms with E-state index in [0.717, 1.165) is 61.0 Å². The number of hydrogen-bond donors (Lipinski definition) is 0. The molecule has 12 aromatic rings. The molecule has 6 nitrogen and oxygen atoms in total. The van der Waals surface area contributed by atoms with Gasteiger partial charge < -0.3 is 13.6 Å². The van der Waals surface area contributed by atoms with Crippen LogP contribution in [0.3, 0.4) is 0 Å². The molecule has 4 aromatic heterocycles. The van der Waals surface area contributed by atoms with E-state index in [-0.39, 0.29) is 0 Å². The maximum atomic E-state index is 6.25. The third kappa shape index (κ3) is 4.87. The van der Waals surface area contributed by atoms with E-state index in [1.165, 1.54) is 32.6 Å². The summed E-state index contributed by atoms with van der Waals surface area (Å²) in [4.78, 5) is 15.1. The molecule has 0 saturated carbocycles. The summed E-state index contributed by atoms with van der Waals surface area (Å²) in [6.07, 6.45) is 0. The molecule has 266 valence electrons. The molecule has 0 aliphatic rings. The highest BCUT2D eigenvalue weighted by Gasteiger charge is 2.21. The number of hydrogen-bond acceptors (Lipinski definition) is 4. The fraction of sp³-hybridized carbons (Fsp3) is 0. The molecule has 0 saturated heterocycles. The van der Waals surface area contributed by atoms with Crippen molar-refractivity contribution in [2.75, 3.05) is 0 Å². The number of para-hydroxylation sites is 4. The average molecular weight is 730 g/mol. The molecule has 0 atom stereocenters. The van der Waals surface area contributed by atoms with Crippen molar-refractivity contribution in [3.05, 3.63) is 188 Å². The predicted octanol–water partition coefficient (Wildman–Crippen LogP) is 13.0. The number of benzene rings is 8. The van der Waals surface area contributed by atoms with Crippen LogP contribution in [-0.2, 0) is 0 Å². The molecule has 8 aromatic carbocycles. The van der Waals surface area contributed by atoms with Crippen LogP contribution in [0.2, 0.25) is 0 Å². The summed E-state index contributed by atoms with van der Waals surface area (Å²) in [5.41, 5.74) is 11.2. The Labute approximate surface area is 326 Å². The van der Waals surface area contributed by atoms with Crippen LogP contribution in [0.1, 0.15) is 0 Å². The fourth-order valence-corrected chi connectivity index (χ4v) is 8.61. The molecule has 0 aliphatic heterocycles. The molecule has 0 N–H and O–H groups in total. The van der Waals surface area contributed by atoms with Gasteiger partial charge in [0.25, 0.3) is 0 Å². The topological polar surface area (TPSA) is 61.7 Å². The smallest absolute Gasteiger partial charge is 0.164 e. The Hall–Kier alpha value is -7.83. The Bertz CT molecular complexity index is 3510. The van der Waals surface area contributed by atoms with Gasteiger partial charge in [-0.05, 0) is 72.8 Å². The summed E-state index contributed by atoms with van der Waals surface area (Å²) in [7, 11) is 0. The van der Waals surface area contributed by atoms with Crippen molar-refractivity contribution in [2.24, 2.45) is 0 Å². The second-order valence-electron chi connectivity index (χ2n) is 14.4. The lowest BCUT2D eigenvalue weighted by atomic mass is 10.1. The SMILES string of the molecule is c1ccc(-c2nc(-c3ccc(-n4c5ccccc5c5c4ccc4c6ccccc6n(-c6ccccc6)c45)cc3)nc(-c3ccc4c(c3)oc3ccccc34)n2)cc1. The van der Waals surface area contributed by atoms with Gasteiger partial charge in [0.15, 0.2) is 17.5 Å². The molecule has 57 heavy (non-hydrogen) atoms. The number of nitrogens with zero attached hydrogens (tertiary/aromatic N) is 5. The van der Waals surface area contributed by atoms with E-state index in [1.54, 1.807) is 0 Å². The largest absolute Gasteiger partial charge is 0.456 e.